The molecule has 7 heteroatoms. The number of methoxy groups -OCH3 is 2. The van der Waals surface area contributed by atoms with Gasteiger partial charge < -0.3 is 14.5 Å². The summed E-state index contributed by atoms with van der Waals surface area (Å²) in [6.07, 6.45) is 0. The molecule has 0 bridgehead atoms. The molecule has 1 heterocycles. The van der Waals surface area contributed by atoms with Gasteiger partial charge in [0.05, 0.1) is 24.4 Å². The van der Waals surface area contributed by atoms with E-state index in [9.17, 15) is 4.79 Å². The second-order valence-corrected chi connectivity index (χ2v) is 5.16. The van der Waals surface area contributed by atoms with Gasteiger partial charge in [-0.05, 0) is 34.1 Å². The molecule has 2 aromatic rings. The summed E-state index contributed by atoms with van der Waals surface area (Å²) in [5.74, 6) is 0.988. The number of H-pyrrole nitrogens is 1. The van der Waals surface area contributed by atoms with E-state index in [0.29, 0.717) is 32.3 Å². The molecule has 2 rings (SSSR count). The lowest BCUT2D eigenvalue weighted by atomic mass is 10.2. The zero-order chi connectivity index (χ0) is 14.7. The van der Waals surface area contributed by atoms with Gasteiger partial charge in [-0.15, -0.1) is 0 Å². The van der Waals surface area contributed by atoms with Gasteiger partial charge in [-0.3, -0.25) is 4.79 Å². The summed E-state index contributed by atoms with van der Waals surface area (Å²) in [5, 5.41) is 0.448. The molecular formula is C13H12BrClN2O3. The van der Waals surface area contributed by atoms with Gasteiger partial charge in [-0.1, -0.05) is 11.6 Å². The van der Waals surface area contributed by atoms with Crippen LogP contribution in [0.25, 0.3) is 11.4 Å². The van der Waals surface area contributed by atoms with Gasteiger partial charge in [-0.25, -0.2) is 4.98 Å². The van der Waals surface area contributed by atoms with E-state index in [1.807, 2.05) is 0 Å². The van der Waals surface area contributed by atoms with Gasteiger partial charge in [0, 0.05) is 12.7 Å². The minimum absolute atomic E-state index is 0.237. The Hall–Kier alpha value is -1.37. The monoisotopic (exact) mass is 358 g/mol. The second-order valence-electron chi connectivity index (χ2n) is 3.96. The molecule has 0 saturated carbocycles. The molecule has 0 atom stereocenters. The molecule has 0 aliphatic carbocycles. The Bertz CT molecular complexity index is 688. The summed E-state index contributed by atoms with van der Waals surface area (Å²) >= 11 is 9.27. The minimum Gasteiger partial charge on any atom is -0.495 e. The Morgan fingerprint density at radius 1 is 1.40 bits per heavy atom. The van der Waals surface area contributed by atoms with Crippen LogP contribution in [0, 0.1) is 0 Å². The highest BCUT2D eigenvalue weighted by Gasteiger charge is 2.11. The number of benzene rings is 1. The van der Waals surface area contributed by atoms with Crippen LogP contribution in [0.3, 0.4) is 0 Å². The van der Waals surface area contributed by atoms with Crippen molar-refractivity contribution in [3.05, 3.63) is 43.7 Å². The molecular weight excluding hydrogens is 348 g/mol. The van der Waals surface area contributed by atoms with Gasteiger partial charge in [0.15, 0.2) is 0 Å². The van der Waals surface area contributed by atoms with Crippen molar-refractivity contribution in [2.45, 2.75) is 6.61 Å². The third-order valence-corrected chi connectivity index (χ3v) is 3.75. The van der Waals surface area contributed by atoms with Crippen molar-refractivity contribution in [1.29, 1.82) is 0 Å². The van der Waals surface area contributed by atoms with Crippen LogP contribution in [-0.4, -0.2) is 24.2 Å². The number of hydrogen-bond acceptors (Lipinski definition) is 4. The quantitative estimate of drug-likeness (QED) is 0.911. The van der Waals surface area contributed by atoms with E-state index >= 15 is 0 Å². The summed E-state index contributed by atoms with van der Waals surface area (Å²) in [7, 11) is 3.08. The van der Waals surface area contributed by atoms with E-state index in [1.165, 1.54) is 7.11 Å². The Kier molecular flexibility index (Phi) is 4.80. The van der Waals surface area contributed by atoms with Gasteiger partial charge in [0.25, 0.3) is 5.56 Å². The lowest BCUT2D eigenvalue weighted by Crippen LogP contribution is -2.14. The number of halogens is 2. The van der Waals surface area contributed by atoms with Crippen LogP contribution >= 0.6 is 27.5 Å². The first-order valence-corrected chi connectivity index (χ1v) is 6.85. The summed E-state index contributed by atoms with van der Waals surface area (Å²) in [6, 6.07) is 5.17. The van der Waals surface area contributed by atoms with Crippen molar-refractivity contribution in [2.24, 2.45) is 0 Å². The molecule has 0 spiro atoms. The number of aromatic nitrogens is 2. The Labute approximate surface area is 129 Å². The standard InChI is InChI=1S/C13H12BrClN2O3/c1-19-6-9-11(14)13(18)17-12(16-9)7-3-4-10(20-2)8(15)5-7/h3-5H,6H2,1-2H3,(H,16,17,18). The third kappa shape index (κ3) is 3.03. The van der Waals surface area contributed by atoms with E-state index in [2.05, 4.69) is 25.9 Å². The van der Waals surface area contributed by atoms with Crippen LogP contribution in [0.2, 0.25) is 5.02 Å². The second kappa shape index (κ2) is 6.39. The maximum Gasteiger partial charge on any atom is 0.265 e. The number of nitrogens with one attached hydrogen (secondary N) is 1. The molecule has 106 valence electrons. The highest BCUT2D eigenvalue weighted by molar-refractivity contribution is 9.10. The fourth-order valence-electron chi connectivity index (χ4n) is 1.69. The summed E-state index contributed by atoms with van der Waals surface area (Å²) in [6.45, 7) is 0.237. The van der Waals surface area contributed by atoms with Crippen LogP contribution in [-0.2, 0) is 11.3 Å². The number of ether oxygens (including phenoxy) is 2. The molecule has 0 saturated heterocycles. The molecule has 1 N–H and O–H groups in total. The number of aromatic amines is 1. The maximum absolute atomic E-state index is 11.9. The first-order valence-electron chi connectivity index (χ1n) is 5.68. The lowest BCUT2D eigenvalue weighted by Gasteiger charge is -2.08. The SMILES string of the molecule is COCc1nc(-c2ccc(OC)c(Cl)c2)[nH]c(=O)c1Br. The topological polar surface area (TPSA) is 64.2 Å². The molecule has 1 aromatic heterocycles. The Morgan fingerprint density at radius 3 is 2.75 bits per heavy atom. The molecule has 0 radical (unpaired) electrons. The van der Waals surface area contributed by atoms with Gasteiger partial charge >= 0.3 is 0 Å². The molecule has 1 aromatic carbocycles. The maximum atomic E-state index is 11.9. The zero-order valence-electron chi connectivity index (χ0n) is 10.9. The van der Waals surface area contributed by atoms with Crippen molar-refractivity contribution < 1.29 is 9.47 Å². The lowest BCUT2D eigenvalue weighted by molar-refractivity contribution is 0.180. The average molecular weight is 360 g/mol. The molecule has 0 fully saturated rings. The minimum atomic E-state index is -0.269. The van der Waals surface area contributed by atoms with Crippen LogP contribution < -0.4 is 10.3 Å². The van der Waals surface area contributed by atoms with Gasteiger partial charge in [-0.2, -0.15) is 0 Å². The third-order valence-electron chi connectivity index (χ3n) is 2.64. The van der Waals surface area contributed by atoms with E-state index in [-0.39, 0.29) is 12.2 Å². The first-order chi connectivity index (χ1) is 9.56. The van der Waals surface area contributed by atoms with Crippen molar-refractivity contribution in [1.82, 2.24) is 9.97 Å². The van der Waals surface area contributed by atoms with E-state index in [1.54, 1.807) is 25.3 Å². The van der Waals surface area contributed by atoms with Gasteiger partial charge in [0.1, 0.15) is 16.0 Å². The first kappa shape index (κ1) is 15.0. The highest BCUT2D eigenvalue weighted by Crippen LogP contribution is 2.28. The molecule has 0 aliphatic heterocycles. The predicted molar refractivity (Wildman–Crippen MR) is 80.3 cm³/mol. The molecule has 0 aliphatic rings. The van der Waals surface area contributed by atoms with Crippen molar-refractivity contribution in [2.75, 3.05) is 14.2 Å². The number of hydrogen-bond donors (Lipinski definition) is 1. The van der Waals surface area contributed by atoms with Crippen LogP contribution in [0.5, 0.6) is 5.75 Å². The fourth-order valence-corrected chi connectivity index (χ4v) is 2.25. The van der Waals surface area contributed by atoms with Crippen LogP contribution in [0.1, 0.15) is 5.69 Å². The van der Waals surface area contributed by atoms with Crippen LogP contribution in [0.15, 0.2) is 27.5 Å². The highest BCUT2D eigenvalue weighted by atomic mass is 79.9. The van der Waals surface area contributed by atoms with Crippen LogP contribution in [0.4, 0.5) is 0 Å². The fraction of sp³-hybridized carbons (Fsp3) is 0.231. The summed E-state index contributed by atoms with van der Waals surface area (Å²) in [5.41, 5.74) is 0.949. The molecule has 20 heavy (non-hydrogen) atoms. The van der Waals surface area contributed by atoms with Crippen molar-refractivity contribution >= 4 is 27.5 Å². The average Bonchev–Trinajstić information content (AvgIpc) is 2.43. The number of rotatable bonds is 4. The van der Waals surface area contributed by atoms with Gasteiger partial charge in [0.2, 0.25) is 0 Å². The smallest absolute Gasteiger partial charge is 0.265 e. The summed E-state index contributed by atoms with van der Waals surface area (Å²) in [4.78, 5) is 18.9. The normalized spacial score (nSPS) is 10.6. The Balaban J connectivity index is 2.52. The van der Waals surface area contributed by atoms with E-state index in [4.69, 9.17) is 21.1 Å². The van der Waals surface area contributed by atoms with Crippen molar-refractivity contribution in [3.8, 4) is 17.1 Å². The molecule has 0 unspecified atom stereocenters. The summed E-state index contributed by atoms with van der Waals surface area (Å²) < 4.78 is 10.5. The van der Waals surface area contributed by atoms with E-state index in [0.717, 1.165) is 0 Å². The van der Waals surface area contributed by atoms with E-state index < -0.39 is 0 Å². The number of nitrogens with zero attached hydrogens (tertiary/aromatic N) is 1. The van der Waals surface area contributed by atoms with Crippen molar-refractivity contribution in [3.63, 3.8) is 0 Å². The Morgan fingerprint density at radius 2 is 2.15 bits per heavy atom. The largest absolute Gasteiger partial charge is 0.495 e. The molecule has 5 nitrogen and oxygen atoms in total. The zero-order valence-corrected chi connectivity index (χ0v) is 13.2. The molecule has 0 amide bonds. The predicted octanol–water partition coefficient (Wildman–Crippen LogP) is 3.01.